The zero-order chi connectivity index (χ0) is 43.9. The average Bonchev–Trinajstić information content (AvgIpc) is 3.79. The van der Waals surface area contributed by atoms with Crippen LogP contribution in [0.25, 0.3) is 0 Å². The van der Waals surface area contributed by atoms with Crippen LogP contribution in [0.3, 0.4) is 0 Å². The molecule has 2 aromatic rings. The Kier molecular flexibility index (Phi) is 15.0. The third-order valence-corrected chi connectivity index (χ3v) is 9.83. The third-order valence-electron chi connectivity index (χ3n) is 9.83. The molecule has 2 aliphatic heterocycles. The van der Waals surface area contributed by atoms with E-state index < -0.39 is 34.2 Å². The standard InChI is InChI=1S/C46H67N5O8/c1-43(2,3)56-39(52)36(33-19-21-50(28-33)41(54)58-45(7,8)9)25-30-15-13-17-32(23-30)38(49-47)27-48-35-18-14-16-31(24-35)26-37(40(53)57-44(4,5)6)34-20-22-51(29-34)42(55)59-46(10,11)12/h13-18,23-24,27,33-34,36-37H,19-22,25-26,28-29,47H2,1-12H3/t33-,34-,36-,37-/m0/s1. The Labute approximate surface area is 351 Å². The number of nitrogens with zero attached hydrogens (tertiary/aromatic N) is 4. The molecule has 0 radical (unpaired) electrons. The fraction of sp³-hybridized carbons (Fsp3) is 0.609. The number of likely N-dealkylation sites (tertiary alicyclic amines) is 2. The normalized spacial score (nSPS) is 19.1. The van der Waals surface area contributed by atoms with E-state index in [9.17, 15) is 19.2 Å². The first-order valence-corrected chi connectivity index (χ1v) is 20.7. The van der Waals surface area contributed by atoms with Gasteiger partial charge in [-0.1, -0.05) is 30.3 Å². The summed E-state index contributed by atoms with van der Waals surface area (Å²) in [4.78, 5) is 61.1. The topological polar surface area (TPSA) is 162 Å². The van der Waals surface area contributed by atoms with Crippen molar-refractivity contribution in [3.8, 4) is 0 Å². The molecule has 2 saturated heterocycles. The van der Waals surface area contributed by atoms with Crippen molar-refractivity contribution in [1.29, 1.82) is 0 Å². The highest BCUT2D eigenvalue weighted by Gasteiger charge is 2.40. The minimum atomic E-state index is -0.677. The first kappa shape index (κ1) is 46.7. The zero-order valence-electron chi connectivity index (χ0n) is 37.3. The Morgan fingerprint density at radius 2 is 1.08 bits per heavy atom. The van der Waals surface area contributed by atoms with Crippen molar-refractivity contribution in [2.75, 3.05) is 26.2 Å². The second-order valence-electron chi connectivity index (χ2n) is 19.8. The predicted molar refractivity (Wildman–Crippen MR) is 230 cm³/mol. The number of hydrogen-bond donors (Lipinski definition) is 1. The monoisotopic (exact) mass is 817 g/mol. The molecular formula is C46H67N5O8. The predicted octanol–water partition coefficient (Wildman–Crippen LogP) is 8.27. The lowest BCUT2D eigenvalue weighted by atomic mass is 9.85. The van der Waals surface area contributed by atoms with E-state index >= 15 is 0 Å². The molecule has 0 aromatic heterocycles. The van der Waals surface area contributed by atoms with Crippen molar-refractivity contribution >= 4 is 41.7 Å². The molecule has 0 aliphatic carbocycles. The average molecular weight is 818 g/mol. The molecule has 4 atom stereocenters. The van der Waals surface area contributed by atoms with Gasteiger partial charge in [0, 0.05) is 31.7 Å². The maximum atomic E-state index is 13.7. The Bertz CT molecular complexity index is 1860. The fourth-order valence-corrected chi connectivity index (χ4v) is 7.30. The largest absolute Gasteiger partial charge is 0.460 e. The quantitative estimate of drug-likeness (QED) is 0.0774. The molecule has 2 fully saturated rings. The van der Waals surface area contributed by atoms with Gasteiger partial charge in [0.1, 0.15) is 28.1 Å². The SMILES string of the molecule is CC(C)(C)OC(=O)[C@@H](Cc1cccc(N=CC(=NN)c2cccc(C[C@H](C(=O)OC(C)(C)C)[C@H]3CCN(C(=O)OC(C)(C)C)C3)c2)c1)[C@H]1CCN(C(=O)OC(C)(C)C)C1. The summed E-state index contributed by atoms with van der Waals surface area (Å²) in [5.41, 5.74) is 0.986. The van der Waals surface area contributed by atoms with Crippen molar-refractivity contribution in [2.24, 2.45) is 39.6 Å². The fourth-order valence-electron chi connectivity index (χ4n) is 7.30. The summed E-state index contributed by atoms with van der Waals surface area (Å²) < 4.78 is 23.0. The molecule has 59 heavy (non-hydrogen) atoms. The van der Waals surface area contributed by atoms with Crippen molar-refractivity contribution in [2.45, 2.75) is 131 Å². The number of ether oxygens (including phenoxy) is 4. The Morgan fingerprint density at radius 1 is 0.661 bits per heavy atom. The summed E-state index contributed by atoms with van der Waals surface area (Å²) in [6.45, 7) is 23.9. The summed E-state index contributed by atoms with van der Waals surface area (Å²) in [5, 5.41) is 4.05. The van der Waals surface area contributed by atoms with Gasteiger partial charge < -0.3 is 34.6 Å². The Morgan fingerprint density at radius 3 is 1.51 bits per heavy atom. The molecular weight excluding hydrogens is 751 g/mol. The highest BCUT2D eigenvalue weighted by molar-refractivity contribution is 6.38. The lowest BCUT2D eigenvalue weighted by Crippen LogP contribution is -2.38. The smallest absolute Gasteiger partial charge is 0.410 e. The van der Waals surface area contributed by atoms with Crippen LogP contribution in [0.15, 0.2) is 58.6 Å². The molecule has 4 rings (SSSR count). The van der Waals surface area contributed by atoms with Crippen LogP contribution < -0.4 is 5.84 Å². The van der Waals surface area contributed by atoms with Gasteiger partial charge in [0.05, 0.1) is 23.7 Å². The van der Waals surface area contributed by atoms with E-state index in [0.29, 0.717) is 63.3 Å². The van der Waals surface area contributed by atoms with E-state index in [1.807, 2.05) is 132 Å². The van der Waals surface area contributed by atoms with Crippen LogP contribution in [0.1, 0.15) is 113 Å². The maximum Gasteiger partial charge on any atom is 0.410 e. The summed E-state index contributed by atoms with van der Waals surface area (Å²) in [7, 11) is 0. The second-order valence-corrected chi connectivity index (χ2v) is 19.8. The Balaban J connectivity index is 1.51. The van der Waals surface area contributed by atoms with Crippen LogP contribution in [0.5, 0.6) is 0 Å². The van der Waals surface area contributed by atoms with Crippen LogP contribution in [0.4, 0.5) is 15.3 Å². The number of hydrogen-bond acceptors (Lipinski definition) is 11. The molecule has 0 spiro atoms. The van der Waals surface area contributed by atoms with Crippen LogP contribution in [-0.2, 0) is 41.4 Å². The first-order chi connectivity index (χ1) is 27.3. The maximum absolute atomic E-state index is 13.7. The molecule has 0 bridgehead atoms. The highest BCUT2D eigenvalue weighted by atomic mass is 16.6. The highest BCUT2D eigenvalue weighted by Crippen LogP contribution is 2.33. The van der Waals surface area contributed by atoms with Crippen molar-refractivity contribution < 1.29 is 38.1 Å². The van der Waals surface area contributed by atoms with Gasteiger partial charge in [-0.05, 0) is 150 Å². The van der Waals surface area contributed by atoms with Gasteiger partial charge in [-0.15, -0.1) is 0 Å². The van der Waals surface area contributed by atoms with Gasteiger partial charge in [-0.2, -0.15) is 5.10 Å². The number of aliphatic imine (C=N–C) groups is 1. The van der Waals surface area contributed by atoms with Gasteiger partial charge in [0.15, 0.2) is 0 Å². The first-order valence-electron chi connectivity index (χ1n) is 20.7. The van der Waals surface area contributed by atoms with E-state index in [1.165, 1.54) is 0 Å². The number of carbonyl (C=O) groups is 4. The molecule has 2 heterocycles. The molecule has 2 aromatic carbocycles. The molecule has 13 heteroatoms. The number of esters is 2. The van der Waals surface area contributed by atoms with Crippen LogP contribution in [0, 0.1) is 23.7 Å². The van der Waals surface area contributed by atoms with Crippen molar-refractivity contribution in [1.82, 2.24) is 9.80 Å². The number of hydrazone groups is 1. The van der Waals surface area contributed by atoms with E-state index in [2.05, 4.69) is 5.10 Å². The van der Waals surface area contributed by atoms with Gasteiger partial charge >= 0.3 is 24.1 Å². The number of amides is 2. The van der Waals surface area contributed by atoms with Gasteiger partial charge in [0.25, 0.3) is 0 Å². The third kappa shape index (κ3) is 15.0. The number of benzene rings is 2. The minimum absolute atomic E-state index is 0.111. The molecule has 2 aliphatic rings. The molecule has 0 saturated carbocycles. The van der Waals surface area contributed by atoms with Crippen molar-refractivity contribution in [3.05, 3.63) is 65.2 Å². The Hall–Kier alpha value is -4.94. The molecule has 0 unspecified atom stereocenters. The van der Waals surface area contributed by atoms with E-state index in [4.69, 9.17) is 29.8 Å². The zero-order valence-corrected chi connectivity index (χ0v) is 37.3. The van der Waals surface area contributed by atoms with Crippen molar-refractivity contribution in [3.63, 3.8) is 0 Å². The molecule has 324 valence electrons. The molecule has 2 amide bonds. The number of rotatable bonds is 11. The van der Waals surface area contributed by atoms with E-state index in [1.54, 1.807) is 16.0 Å². The summed E-state index contributed by atoms with van der Waals surface area (Å²) in [5.74, 6) is 4.09. The van der Waals surface area contributed by atoms with Crippen LogP contribution in [-0.4, -0.2) is 94.4 Å². The summed E-state index contributed by atoms with van der Waals surface area (Å²) >= 11 is 0. The molecule has 13 nitrogen and oxygen atoms in total. The van der Waals surface area contributed by atoms with Gasteiger partial charge in [-0.25, -0.2) is 9.59 Å². The minimum Gasteiger partial charge on any atom is -0.460 e. The summed E-state index contributed by atoms with van der Waals surface area (Å²) in [6.07, 6.45) is 2.92. The van der Waals surface area contributed by atoms with Gasteiger partial charge in [-0.3, -0.25) is 14.6 Å². The lowest BCUT2D eigenvalue weighted by molar-refractivity contribution is -0.163. The van der Waals surface area contributed by atoms with Gasteiger partial charge in [0.2, 0.25) is 0 Å². The van der Waals surface area contributed by atoms with E-state index in [0.717, 1.165) is 16.7 Å². The summed E-state index contributed by atoms with van der Waals surface area (Å²) in [6, 6.07) is 15.3. The van der Waals surface area contributed by atoms with Crippen LogP contribution >= 0.6 is 0 Å². The number of carbonyl (C=O) groups excluding carboxylic acids is 4. The number of nitrogens with two attached hydrogens (primary N) is 1. The lowest BCUT2D eigenvalue weighted by Gasteiger charge is -2.28. The van der Waals surface area contributed by atoms with Crippen LogP contribution in [0.2, 0.25) is 0 Å². The molecule has 2 N–H and O–H groups in total. The van der Waals surface area contributed by atoms with E-state index in [-0.39, 0.29) is 36.0 Å². The second kappa shape index (κ2) is 19.0.